The number of nitrogens with one attached hydrogen (secondary N) is 1. The van der Waals surface area contributed by atoms with E-state index in [0.29, 0.717) is 18.9 Å². The third kappa shape index (κ3) is 4.18. The zero-order valence-corrected chi connectivity index (χ0v) is 13.5. The molecule has 2 heterocycles. The summed E-state index contributed by atoms with van der Waals surface area (Å²) in [5, 5.41) is 3.27. The van der Waals surface area contributed by atoms with Crippen LogP contribution in [0.4, 0.5) is 16.0 Å². The molecule has 1 saturated heterocycles. The van der Waals surface area contributed by atoms with Crippen LogP contribution in [0.15, 0.2) is 36.7 Å². The van der Waals surface area contributed by atoms with Gasteiger partial charge in [-0.25, -0.2) is 14.4 Å². The highest BCUT2D eigenvalue weighted by molar-refractivity contribution is 5.48. The summed E-state index contributed by atoms with van der Waals surface area (Å²) >= 11 is 0. The van der Waals surface area contributed by atoms with Crippen LogP contribution >= 0.6 is 0 Å². The number of aromatic nitrogens is 2. The van der Waals surface area contributed by atoms with Gasteiger partial charge in [0.25, 0.3) is 0 Å². The Hall–Kier alpha value is -2.17. The van der Waals surface area contributed by atoms with Gasteiger partial charge in [0.2, 0.25) is 0 Å². The molecule has 1 aromatic heterocycles. The van der Waals surface area contributed by atoms with E-state index in [1.807, 2.05) is 18.2 Å². The zero-order valence-electron chi connectivity index (χ0n) is 13.5. The monoisotopic (exact) mass is 314 g/mol. The van der Waals surface area contributed by atoms with E-state index < -0.39 is 0 Å². The number of rotatable bonds is 5. The van der Waals surface area contributed by atoms with Crippen LogP contribution in [0.2, 0.25) is 0 Å². The number of benzene rings is 1. The molecule has 5 heteroatoms. The molecule has 2 aromatic rings. The first-order chi connectivity index (χ1) is 11.2. The predicted octanol–water partition coefficient (Wildman–Crippen LogP) is 3.51. The number of hydrogen-bond acceptors (Lipinski definition) is 4. The van der Waals surface area contributed by atoms with E-state index in [9.17, 15) is 4.39 Å². The molecular formula is C18H23FN4. The number of hydrogen-bond donors (Lipinski definition) is 1. The highest BCUT2D eigenvalue weighted by Gasteiger charge is 2.17. The zero-order chi connectivity index (χ0) is 16.1. The van der Waals surface area contributed by atoms with Gasteiger partial charge in [-0.1, -0.05) is 25.1 Å². The van der Waals surface area contributed by atoms with Gasteiger partial charge in [0.15, 0.2) is 0 Å². The van der Waals surface area contributed by atoms with E-state index in [-0.39, 0.29) is 5.82 Å². The van der Waals surface area contributed by atoms with Crippen LogP contribution in [-0.4, -0.2) is 29.6 Å². The van der Waals surface area contributed by atoms with Gasteiger partial charge in [0, 0.05) is 25.7 Å². The Morgan fingerprint density at radius 2 is 2.17 bits per heavy atom. The molecule has 0 aliphatic carbocycles. The SMILES string of the molecule is CC1CCCN(c2cc(NCCc3ccccc3F)ncn2)C1. The maximum absolute atomic E-state index is 13.6. The molecule has 23 heavy (non-hydrogen) atoms. The molecule has 0 radical (unpaired) electrons. The Morgan fingerprint density at radius 1 is 1.30 bits per heavy atom. The fourth-order valence-electron chi connectivity index (χ4n) is 3.04. The molecule has 0 amide bonds. The molecule has 0 saturated carbocycles. The molecular weight excluding hydrogens is 291 g/mol. The summed E-state index contributed by atoms with van der Waals surface area (Å²) < 4.78 is 13.6. The van der Waals surface area contributed by atoms with E-state index in [1.165, 1.54) is 18.9 Å². The minimum absolute atomic E-state index is 0.153. The second kappa shape index (κ2) is 7.40. The summed E-state index contributed by atoms with van der Waals surface area (Å²) in [5.74, 6) is 2.32. The van der Waals surface area contributed by atoms with Crippen molar-refractivity contribution >= 4 is 11.6 Å². The van der Waals surface area contributed by atoms with Crippen molar-refractivity contribution < 1.29 is 4.39 Å². The largest absolute Gasteiger partial charge is 0.370 e. The molecule has 1 atom stereocenters. The highest BCUT2D eigenvalue weighted by atomic mass is 19.1. The molecule has 1 aromatic carbocycles. The Morgan fingerprint density at radius 3 is 3.00 bits per heavy atom. The first-order valence-corrected chi connectivity index (χ1v) is 8.26. The van der Waals surface area contributed by atoms with Gasteiger partial charge in [-0.15, -0.1) is 0 Å². The minimum atomic E-state index is -0.153. The summed E-state index contributed by atoms with van der Waals surface area (Å²) in [5.41, 5.74) is 0.721. The quantitative estimate of drug-likeness (QED) is 0.917. The number of anilines is 2. The van der Waals surface area contributed by atoms with Gasteiger partial charge in [-0.05, 0) is 36.8 Å². The minimum Gasteiger partial charge on any atom is -0.370 e. The molecule has 1 N–H and O–H groups in total. The van der Waals surface area contributed by atoms with Crippen molar-refractivity contribution in [1.82, 2.24) is 9.97 Å². The molecule has 1 unspecified atom stereocenters. The Labute approximate surface area is 136 Å². The normalized spacial score (nSPS) is 18.0. The molecule has 1 fully saturated rings. The average molecular weight is 314 g/mol. The lowest BCUT2D eigenvalue weighted by molar-refractivity contribution is 0.444. The number of piperidine rings is 1. The van der Waals surface area contributed by atoms with Crippen LogP contribution < -0.4 is 10.2 Å². The second-order valence-electron chi connectivity index (χ2n) is 6.22. The van der Waals surface area contributed by atoms with E-state index in [1.54, 1.807) is 12.4 Å². The molecule has 4 nitrogen and oxygen atoms in total. The number of nitrogens with zero attached hydrogens (tertiary/aromatic N) is 3. The second-order valence-corrected chi connectivity index (χ2v) is 6.22. The molecule has 122 valence electrons. The summed E-state index contributed by atoms with van der Waals surface area (Å²) in [4.78, 5) is 11.0. The smallest absolute Gasteiger partial charge is 0.134 e. The van der Waals surface area contributed by atoms with Crippen molar-refractivity contribution in [2.24, 2.45) is 5.92 Å². The fraction of sp³-hybridized carbons (Fsp3) is 0.444. The topological polar surface area (TPSA) is 41.0 Å². The van der Waals surface area contributed by atoms with Gasteiger partial charge < -0.3 is 10.2 Å². The molecule has 3 rings (SSSR count). The van der Waals surface area contributed by atoms with Gasteiger partial charge in [0.05, 0.1) is 0 Å². The van der Waals surface area contributed by atoms with E-state index >= 15 is 0 Å². The van der Waals surface area contributed by atoms with Crippen LogP contribution in [-0.2, 0) is 6.42 Å². The van der Waals surface area contributed by atoms with Gasteiger partial charge in [0.1, 0.15) is 23.8 Å². The lowest BCUT2D eigenvalue weighted by atomic mass is 10.0. The summed E-state index contributed by atoms with van der Waals surface area (Å²) in [6.45, 7) is 5.02. The van der Waals surface area contributed by atoms with Crippen molar-refractivity contribution in [3.63, 3.8) is 0 Å². The fourth-order valence-corrected chi connectivity index (χ4v) is 3.04. The van der Waals surface area contributed by atoms with Crippen molar-refractivity contribution in [1.29, 1.82) is 0 Å². The van der Waals surface area contributed by atoms with Gasteiger partial charge in [-0.2, -0.15) is 0 Å². The molecule has 1 aliphatic heterocycles. The first-order valence-electron chi connectivity index (χ1n) is 8.26. The standard InChI is InChI=1S/C18H23FN4/c1-14-5-4-10-23(12-14)18-11-17(21-13-22-18)20-9-8-15-6-2-3-7-16(15)19/h2-3,6-7,11,13-14H,4-5,8-10,12H2,1H3,(H,20,21,22). The summed E-state index contributed by atoms with van der Waals surface area (Å²) in [7, 11) is 0. The highest BCUT2D eigenvalue weighted by Crippen LogP contribution is 2.22. The van der Waals surface area contributed by atoms with Gasteiger partial charge >= 0.3 is 0 Å². The van der Waals surface area contributed by atoms with Crippen LogP contribution in [0.1, 0.15) is 25.3 Å². The van der Waals surface area contributed by atoms with Crippen LogP contribution in [0.3, 0.4) is 0 Å². The van der Waals surface area contributed by atoms with Gasteiger partial charge in [-0.3, -0.25) is 0 Å². The van der Waals surface area contributed by atoms with Crippen molar-refractivity contribution in [2.75, 3.05) is 29.9 Å². The van der Waals surface area contributed by atoms with E-state index in [0.717, 1.165) is 30.3 Å². The third-order valence-corrected chi connectivity index (χ3v) is 4.29. The van der Waals surface area contributed by atoms with Crippen molar-refractivity contribution in [3.8, 4) is 0 Å². The Kier molecular flexibility index (Phi) is 5.05. The van der Waals surface area contributed by atoms with Crippen LogP contribution in [0, 0.1) is 11.7 Å². The van der Waals surface area contributed by atoms with E-state index in [4.69, 9.17) is 0 Å². The van der Waals surface area contributed by atoms with Crippen LogP contribution in [0.25, 0.3) is 0 Å². The van der Waals surface area contributed by atoms with E-state index in [2.05, 4.69) is 27.1 Å². The van der Waals surface area contributed by atoms with Crippen molar-refractivity contribution in [2.45, 2.75) is 26.2 Å². The lowest BCUT2D eigenvalue weighted by Crippen LogP contribution is -2.34. The molecule has 0 spiro atoms. The first kappa shape index (κ1) is 15.7. The summed E-state index contributed by atoms with van der Waals surface area (Å²) in [6.07, 6.45) is 4.73. The summed E-state index contributed by atoms with van der Waals surface area (Å²) in [6, 6.07) is 8.87. The van der Waals surface area contributed by atoms with Crippen LogP contribution in [0.5, 0.6) is 0 Å². The number of halogens is 1. The molecule has 0 bridgehead atoms. The lowest BCUT2D eigenvalue weighted by Gasteiger charge is -2.31. The maximum atomic E-state index is 13.6. The third-order valence-electron chi connectivity index (χ3n) is 4.29. The maximum Gasteiger partial charge on any atom is 0.134 e. The van der Waals surface area contributed by atoms with Crippen molar-refractivity contribution in [3.05, 3.63) is 48.0 Å². The predicted molar refractivity (Wildman–Crippen MR) is 91.2 cm³/mol. The molecule has 1 aliphatic rings. The Balaban J connectivity index is 1.58. The average Bonchev–Trinajstić information content (AvgIpc) is 2.57. The Bertz CT molecular complexity index is 646.